The summed E-state index contributed by atoms with van der Waals surface area (Å²) in [6.07, 6.45) is -1.18. The molecule has 3 nitrogen and oxygen atoms in total. The number of ether oxygens (including phenoxy) is 1. The van der Waals surface area contributed by atoms with Crippen molar-refractivity contribution in [3.63, 3.8) is 0 Å². The van der Waals surface area contributed by atoms with Gasteiger partial charge in [0.1, 0.15) is 6.04 Å². The van der Waals surface area contributed by atoms with Gasteiger partial charge >= 0.3 is 12.1 Å². The van der Waals surface area contributed by atoms with Crippen LogP contribution in [0.2, 0.25) is 0 Å². The lowest BCUT2D eigenvalue weighted by Gasteiger charge is -2.24. The Bertz CT molecular complexity index is 280. The minimum Gasteiger partial charge on any atom is -0.465 e. The molecular formula is C14H26F3NO2. The van der Waals surface area contributed by atoms with E-state index in [9.17, 15) is 18.0 Å². The molecule has 0 aliphatic carbocycles. The molecule has 120 valence electrons. The number of carbonyl (C=O) groups is 1. The first kappa shape index (κ1) is 19.2. The summed E-state index contributed by atoms with van der Waals surface area (Å²) in [7, 11) is 0. The molecule has 0 spiro atoms. The second-order valence-electron chi connectivity index (χ2n) is 5.55. The zero-order valence-electron chi connectivity index (χ0n) is 12.5. The van der Waals surface area contributed by atoms with Gasteiger partial charge in [0.2, 0.25) is 0 Å². The van der Waals surface area contributed by atoms with Crippen LogP contribution in [0.5, 0.6) is 0 Å². The molecule has 0 radical (unpaired) electrons. The van der Waals surface area contributed by atoms with Crippen LogP contribution in [0.3, 0.4) is 0 Å². The smallest absolute Gasteiger partial charge is 0.404 e. The molecule has 0 saturated carbocycles. The Morgan fingerprint density at radius 2 is 1.80 bits per heavy atom. The highest BCUT2D eigenvalue weighted by molar-refractivity contribution is 5.73. The zero-order valence-corrected chi connectivity index (χ0v) is 12.5. The van der Waals surface area contributed by atoms with E-state index in [4.69, 9.17) is 10.5 Å². The number of hydrogen-bond donors (Lipinski definition) is 1. The summed E-state index contributed by atoms with van der Waals surface area (Å²) in [5.41, 5.74) is 5.19. The fraction of sp³-hybridized carbons (Fsp3) is 0.929. The van der Waals surface area contributed by atoms with Gasteiger partial charge in [0.25, 0.3) is 0 Å². The summed E-state index contributed by atoms with van der Waals surface area (Å²) in [6.45, 7) is 5.78. The Morgan fingerprint density at radius 1 is 1.20 bits per heavy atom. The van der Waals surface area contributed by atoms with Crippen molar-refractivity contribution in [3.05, 3.63) is 0 Å². The highest BCUT2D eigenvalue weighted by Gasteiger charge is 2.45. The van der Waals surface area contributed by atoms with Crippen LogP contribution >= 0.6 is 0 Å². The third-order valence-electron chi connectivity index (χ3n) is 3.04. The third kappa shape index (κ3) is 7.72. The van der Waals surface area contributed by atoms with E-state index >= 15 is 0 Å². The van der Waals surface area contributed by atoms with Gasteiger partial charge in [-0.2, -0.15) is 13.2 Å². The second-order valence-corrected chi connectivity index (χ2v) is 5.55. The highest BCUT2D eigenvalue weighted by atomic mass is 19.4. The van der Waals surface area contributed by atoms with Crippen molar-refractivity contribution < 1.29 is 22.7 Å². The maximum atomic E-state index is 12.7. The number of nitrogens with two attached hydrogens (primary N) is 1. The van der Waals surface area contributed by atoms with Crippen molar-refractivity contribution in [2.75, 3.05) is 6.61 Å². The van der Waals surface area contributed by atoms with Crippen LogP contribution < -0.4 is 5.73 Å². The number of esters is 1. The molecule has 0 bridgehead atoms. The fourth-order valence-corrected chi connectivity index (χ4v) is 1.82. The number of halogens is 3. The summed E-state index contributed by atoms with van der Waals surface area (Å²) in [4.78, 5) is 11.8. The summed E-state index contributed by atoms with van der Waals surface area (Å²) >= 11 is 0. The van der Waals surface area contributed by atoms with Gasteiger partial charge < -0.3 is 10.5 Å². The van der Waals surface area contributed by atoms with Crippen LogP contribution in [-0.2, 0) is 9.53 Å². The van der Waals surface area contributed by atoms with Gasteiger partial charge in [0.05, 0.1) is 12.5 Å². The largest absolute Gasteiger partial charge is 0.465 e. The topological polar surface area (TPSA) is 52.3 Å². The summed E-state index contributed by atoms with van der Waals surface area (Å²) in [6, 6.07) is -2.15. The van der Waals surface area contributed by atoms with Crippen LogP contribution in [0, 0.1) is 11.8 Å². The molecule has 2 atom stereocenters. The van der Waals surface area contributed by atoms with Crippen molar-refractivity contribution in [2.24, 2.45) is 17.6 Å². The van der Waals surface area contributed by atoms with E-state index in [1.165, 1.54) is 0 Å². The first-order valence-corrected chi connectivity index (χ1v) is 7.19. The van der Waals surface area contributed by atoms with E-state index in [1.807, 2.05) is 20.8 Å². The number of unbranched alkanes of at least 4 members (excludes halogenated alkanes) is 3. The molecule has 20 heavy (non-hydrogen) atoms. The van der Waals surface area contributed by atoms with Crippen molar-refractivity contribution >= 4 is 5.97 Å². The highest BCUT2D eigenvalue weighted by Crippen LogP contribution is 2.28. The summed E-state index contributed by atoms with van der Waals surface area (Å²) < 4.78 is 43.0. The fourth-order valence-electron chi connectivity index (χ4n) is 1.82. The minimum atomic E-state index is -4.58. The predicted octanol–water partition coefficient (Wildman–Crippen LogP) is 3.66. The minimum absolute atomic E-state index is 0.0850. The van der Waals surface area contributed by atoms with E-state index in [0.717, 1.165) is 19.3 Å². The molecule has 0 saturated heterocycles. The monoisotopic (exact) mass is 297 g/mol. The standard InChI is InChI=1S/C14H26F3NO2/c1-4-5-6-7-8-11(12(18)14(15,16)17)13(19)20-9-10(2)3/h10-12H,4-9,18H2,1-3H3/t11-,12-/m0/s1. The van der Waals surface area contributed by atoms with E-state index in [-0.39, 0.29) is 18.9 Å². The SMILES string of the molecule is CCCCCC[C@H](C(=O)OCC(C)C)[C@H](N)C(F)(F)F. The molecular weight excluding hydrogens is 271 g/mol. The molecule has 0 amide bonds. The molecule has 0 fully saturated rings. The van der Waals surface area contributed by atoms with Crippen molar-refractivity contribution in [3.8, 4) is 0 Å². The Labute approximate surface area is 119 Å². The van der Waals surface area contributed by atoms with Crippen LogP contribution in [-0.4, -0.2) is 24.8 Å². The Morgan fingerprint density at radius 3 is 2.25 bits per heavy atom. The van der Waals surface area contributed by atoms with E-state index < -0.39 is 24.1 Å². The molecule has 0 aliphatic rings. The zero-order chi connectivity index (χ0) is 15.8. The second kappa shape index (κ2) is 9.21. The van der Waals surface area contributed by atoms with Gasteiger partial charge in [-0.05, 0) is 12.3 Å². The van der Waals surface area contributed by atoms with Crippen molar-refractivity contribution in [2.45, 2.75) is 65.1 Å². The van der Waals surface area contributed by atoms with Crippen molar-refractivity contribution in [1.29, 1.82) is 0 Å². The summed E-state index contributed by atoms with van der Waals surface area (Å²) in [5.74, 6) is -2.05. The molecule has 0 rings (SSSR count). The van der Waals surface area contributed by atoms with E-state index in [0.29, 0.717) is 6.42 Å². The van der Waals surface area contributed by atoms with Gasteiger partial charge in [0.15, 0.2) is 0 Å². The number of rotatable bonds is 9. The van der Waals surface area contributed by atoms with Gasteiger partial charge in [-0.1, -0.05) is 46.5 Å². The van der Waals surface area contributed by atoms with Crippen LogP contribution in [0.15, 0.2) is 0 Å². The van der Waals surface area contributed by atoms with Crippen LogP contribution in [0.4, 0.5) is 13.2 Å². The molecule has 6 heteroatoms. The average Bonchev–Trinajstić information content (AvgIpc) is 2.34. The maximum absolute atomic E-state index is 12.7. The maximum Gasteiger partial charge on any atom is 0.404 e. The Hall–Kier alpha value is -0.780. The lowest BCUT2D eigenvalue weighted by molar-refractivity contribution is -0.177. The lowest BCUT2D eigenvalue weighted by atomic mass is 9.93. The van der Waals surface area contributed by atoms with E-state index in [2.05, 4.69) is 0 Å². The quantitative estimate of drug-likeness (QED) is 0.522. The third-order valence-corrected chi connectivity index (χ3v) is 3.04. The van der Waals surface area contributed by atoms with Crippen LogP contribution in [0.25, 0.3) is 0 Å². The van der Waals surface area contributed by atoms with Gasteiger partial charge in [-0.3, -0.25) is 4.79 Å². The van der Waals surface area contributed by atoms with Crippen molar-refractivity contribution in [1.82, 2.24) is 0 Å². The van der Waals surface area contributed by atoms with Crippen LogP contribution in [0.1, 0.15) is 52.9 Å². The van der Waals surface area contributed by atoms with E-state index in [1.54, 1.807) is 0 Å². The predicted molar refractivity (Wildman–Crippen MR) is 72.1 cm³/mol. The molecule has 0 unspecified atom stereocenters. The van der Waals surface area contributed by atoms with Gasteiger partial charge in [0, 0.05) is 0 Å². The molecule has 0 aromatic rings. The average molecular weight is 297 g/mol. The normalized spacial score (nSPS) is 15.2. The first-order chi connectivity index (χ1) is 9.20. The molecule has 0 heterocycles. The Balaban J connectivity index is 4.56. The Kier molecular flexibility index (Phi) is 8.85. The lowest BCUT2D eigenvalue weighted by Crippen LogP contribution is -2.47. The first-order valence-electron chi connectivity index (χ1n) is 7.19. The molecule has 0 aromatic heterocycles. The molecule has 2 N–H and O–H groups in total. The molecule has 0 aromatic carbocycles. The molecule has 0 aliphatic heterocycles. The number of hydrogen-bond acceptors (Lipinski definition) is 3. The van der Waals surface area contributed by atoms with Gasteiger partial charge in [-0.15, -0.1) is 0 Å². The number of alkyl halides is 3. The number of carbonyl (C=O) groups excluding carboxylic acids is 1. The summed E-state index contributed by atoms with van der Waals surface area (Å²) in [5, 5.41) is 0. The van der Waals surface area contributed by atoms with Gasteiger partial charge in [-0.25, -0.2) is 0 Å².